The van der Waals surface area contributed by atoms with E-state index < -0.39 is 0 Å². The smallest absolute Gasteiger partial charge is 0.0349 e. The number of likely N-dealkylation sites (tertiary alicyclic amines) is 1. The summed E-state index contributed by atoms with van der Waals surface area (Å²) in [6, 6.07) is 8.87. The molecule has 3 rings (SSSR count). The Morgan fingerprint density at radius 1 is 1.24 bits per heavy atom. The average Bonchev–Trinajstić information content (AvgIpc) is 2.68. The van der Waals surface area contributed by atoms with E-state index in [2.05, 4.69) is 41.4 Å². The molecule has 1 aliphatic rings. The number of fused-ring (bicyclic) bond motifs is 1. The minimum Gasteiger partial charge on any atom is -0.315 e. The van der Waals surface area contributed by atoms with Crippen LogP contribution in [0.25, 0.3) is 10.1 Å². The number of hydrogen-bond acceptors (Lipinski definition) is 3. The van der Waals surface area contributed by atoms with Gasteiger partial charge in [-0.1, -0.05) is 25.1 Å². The van der Waals surface area contributed by atoms with Crippen LogP contribution in [0.5, 0.6) is 0 Å². The zero-order valence-corrected chi connectivity index (χ0v) is 14.0. The number of rotatable bonds is 4. The summed E-state index contributed by atoms with van der Waals surface area (Å²) in [5.41, 5.74) is 1.56. The molecule has 0 radical (unpaired) electrons. The Balaban J connectivity index is 1.86. The molecular weight excluding hydrogens is 276 g/mol. The monoisotopic (exact) mass is 302 g/mol. The first-order chi connectivity index (χ1) is 10.3. The van der Waals surface area contributed by atoms with Crippen LogP contribution in [-0.4, -0.2) is 25.0 Å². The molecule has 1 aliphatic heterocycles. The number of benzene rings is 1. The highest BCUT2D eigenvalue weighted by Crippen LogP contribution is 2.32. The third kappa shape index (κ3) is 3.47. The van der Waals surface area contributed by atoms with E-state index in [0.717, 1.165) is 19.0 Å². The first-order valence-electron chi connectivity index (χ1n) is 8.14. The van der Waals surface area contributed by atoms with Crippen LogP contribution >= 0.6 is 11.3 Å². The normalized spacial score (nSPS) is 20.8. The Bertz CT molecular complexity index is 590. The fourth-order valence-corrected chi connectivity index (χ4v) is 4.56. The zero-order chi connectivity index (χ0) is 14.7. The molecule has 0 saturated carbocycles. The lowest BCUT2D eigenvalue weighted by atomic mass is 10.0. The molecule has 0 amide bonds. The summed E-state index contributed by atoms with van der Waals surface area (Å²) in [5.74, 6) is 0.894. The Morgan fingerprint density at radius 2 is 2.10 bits per heavy atom. The van der Waals surface area contributed by atoms with Crippen molar-refractivity contribution < 1.29 is 0 Å². The Labute approximate surface area is 132 Å². The van der Waals surface area contributed by atoms with Crippen molar-refractivity contribution in [2.45, 2.75) is 39.3 Å². The second-order valence-corrected chi connectivity index (χ2v) is 7.48. The van der Waals surface area contributed by atoms with E-state index in [1.165, 1.54) is 47.3 Å². The molecule has 1 unspecified atom stereocenters. The lowest BCUT2D eigenvalue weighted by Crippen LogP contribution is -2.25. The molecule has 3 heteroatoms. The van der Waals surface area contributed by atoms with Gasteiger partial charge in [0, 0.05) is 22.7 Å². The van der Waals surface area contributed by atoms with Gasteiger partial charge < -0.3 is 5.32 Å². The van der Waals surface area contributed by atoms with Gasteiger partial charge in [-0.3, -0.25) is 4.90 Å². The van der Waals surface area contributed by atoms with Gasteiger partial charge in [0.05, 0.1) is 0 Å². The van der Waals surface area contributed by atoms with E-state index in [9.17, 15) is 0 Å². The zero-order valence-electron chi connectivity index (χ0n) is 13.2. The van der Waals surface area contributed by atoms with Crippen molar-refractivity contribution in [1.29, 1.82) is 0 Å². The van der Waals surface area contributed by atoms with Crippen LogP contribution in [0.15, 0.2) is 24.3 Å². The summed E-state index contributed by atoms with van der Waals surface area (Å²) in [6.07, 6.45) is 4.10. The lowest BCUT2D eigenvalue weighted by Gasteiger charge is -2.20. The van der Waals surface area contributed by atoms with Gasteiger partial charge in [0.1, 0.15) is 0 Å². The van der Waals surface area contributed by atoms with Gasteiger partial charge in [-0.05, 0) is 62.3 Å². The molecule has 0 spiro atoms. The fourth-order valence-electron chi connectivity index (χ4n) is 3.33. The molecule has 114 valence electrons. The first-order valence-corrected chi connectivity index (χ1v) is 8.96. The van der Waals surface area contributed by atoms with Crippen LogP contribution in [0.4, 0.5) is 0 Å². The minimum absolute atomic E-state index is 0.894. The molecule has 1 fully saturated rings. The molecule has 0 aliphatic carbocycles. The standard InChI is InChI=1S/C18H26N2S/c1-14-6-5-10-20(11-9-14)13-16-15-7-3-4-8-17(15)21-18(16)12-19-2/h3-4,7-8,14,19H,5-6,9-13H2,1-2H3. The van der Waals surface area contributed by atoms with E-state index in [1.807, 2.05) is 18.4 Å². The second kappa shape index (κ2) is 6.91. The van der Waals surface area contributed by atoms with Gasteiger partial charge in [-0.15, -0.1) is 11.3 Å². The van der Waals surface area contributed by atoms with E-state index in [4.69, 9.17) is 0 Å². The average molecular weight is 302 g/mol. The van der Waals surface area contributed by atoms with Gasteiger partial charge in [0.15, 0.2) is 0 Å². The molecule has 2 nitrogen and oxygen atoms in total. The highest BCUT2D eigenvalue weighted by atomic mass is 32.1. The summed E-state index contributed by atoms with van der Waals surface area (Å²) in [6.45, 7) is 7.01. The molecule has 0 bridgehead atoms. The SMILES string of the molecule is CNCc1sc2ccccc2c1CN1CCCC(C)CC1. The van der Waals surface area contributed by atoms with Crippen molar-refractivity contribution in [3.8, 4) is 0 Å². The van der Waals surface area contributed by atoms with Crippen LogP contribution < -0.4 is 5.32 Å². The van der Waals surface area contributed by atoms with Crippen LogP contribution in [0, 0.1) is 5.92 Å². The van der Waals surface area contributed by atoms with E-state index >= 15 is 0 Å². The van der Waals surface area contributed by atoms with Gasteiger partial charge in [0.25, 0.3) is 0 Å². The van der Waals surface area contributed by atoms with E-state index in [-0.39, 0.29) is 0 Å². The van der Waals surface area contributed by atoms with E-state index in [0.29, 0.717) is 0 Å². The van der Waals surface area contributed by atoms with Crippen molar-refractivity contribution >= 4 is 21.4 Å². The quantitative estimate of drug-likeness (QED) is 0.908. The highest BCUT2D eigenvalue weighted by molar-refractivity contribution is 7.19. The summed E-state index contributed by atoms with van der Waals surface area (Å²) in [5, 5.41) is 4.80. The molecule has 1 N–H and O–H groups in total. The summed E-state index contributed by atoms with van der Waals surface area (Å²) in [7, 11) is 2.04. The van der Waals surface area contributed by atoms with Gasteiger partial charge >= 0.3 is 0 Å². The van der Waals surface area contributed by atoms with Gasteiger partial charge in [-0.2, -0.15) is 0 Å². The predicted molar refractivity (Wildman–Crippen MR) is 92.9 cm³/mol. The molecule has 1 saturated heterocycles. The second-order valence-electron chi connectivity index (χ2n) is 6.34. The molecule has 1 aromatic heterocycles. The number of thiophene rings is 1. The molecule has 1 atom stereocenters. The van der Waals surface area contributed by atoms with Crippen molar-refractivity contribution in [1.82, 2.24) is 10.2 Å². The molecule has 2 aromatic rings. The topological polar surface area (TPSA) is 15.3 Å². The van der Waals surface area contributed by atoms with Crippen molar-refractivity contribution in [2.24, 2.45) is 5.92 Å². The molecule has 1 aromatic carbocycles. The Hall–Kier alpha value is -0.900. The molecule has 21 heavy (non-hydrogen) atoms. The third-order valence-electron chi connectivity index (χ3n) is 4.61. The van der Waals surface area contributed by atoms with Gasteiger partial charge in [0.2, 0.25) is 0 Å². The van der Waals surface area contributed by atoms with Crippen molar-refractivity contribution in [2.75, 3.05) is 20.1 Å². The fraction of sp³-hybridized carbons (Fsp3) is 0.556. The number of hydrogen-bond donors (Lipinski definition) is 1. The molecule has 2 heterocycles. The lowest BCUT2D eigenvalue weighted by molar-refractivity contribution is 0.274. The Morgan fingerprint density at radius 3 is 2.95 bits per heavy atom. The third-order valence-corrected chi connectivity index (χ3v) is 5.82. The van der Waals surface area contributed by atoms with Crippen LogP contribution in [0.1, 0.15) is 36.6 Å². The first kappa shape index (κ1) is 15.0. The highest BCUT2D eigenvalue weighted by Gasteiger charge is 2.18. The maximum Gasteiger partial charge on any atom is 0.0349 e. The minimum atomic E-state index is 0.894. The summed E-state index contributed by atoms with van der Waals surface area (Å²) < 4.78 is 1.43. The summed E-state index contributed by atoms with van der Waals surface area (Å²) in [4.78, 5) is 4.17. The van der Waals surface area contributed by atoms with E-state index in [1.54, 1.807) is 5.56 Å². The number of nitrogens with one attached hydrogen (secondary N) is 1. The summed E-state index contributed by atoms with van der Waals surface area (Å²) >= 11 is 1.95. The van der Waals surface area contributed by atoms with Crippen LogP contribution in [0.2, 0.25) is 0 Å². The van der Waals surface area contributed by atoms with Gasteiger partial charge in [-0.25, -0.2) is 0 Å². The molecular formula is C18H26N2S. The van der Waals surface area contributed by atoms with Crippen LogP contribution in [-0.2, 0) is 13.1 Å². The predicted octanol–water partition coefficient (Wildman–Crippen LogP) is 4.24. The van der Waals surface area contributed by atoms with Crippen molar-refractivity contribution in [3.05, 3.63) is 34.7 Å². The maximum atomic E-state index is 3.33. The Kier molecular flexibility index (Phi) is 4.94. The van der Waals surface area contributed by atoms with Crippen LogP contribution in [0.3, 0.4) is 0 Å². The largest absolute Gasteiger partial charge is 0.315 e. The maximum absolute atomic E-state index is 3.33. The van der Waals surface area contributed by atoms with Crippen molar-refractivity contribution in [3.63, 3.8) is 0 Å². The number of nitrogens with zero attached hydrogens (tertiary/aromatic N) is 1.